The van der Waals surface area contributed by atoms with Crippen LogP contribution in [0.1, 0.15) is 15.9 Å². The van der Waals surface area contributed by atoms with E-state index in [4.69, 9.17) is 0 Å². The first-order valence-corrected chi connectivity index (χ1v) is 7.18. The van der Waals surface area contributed by atoms with E-state index in [0.717, 1.165) is 6.07 Å². The van der Waals surface area contributed by atoms with Gasteiger partial charge in [-0.15, -0.1) is 0 Å². The fourth-order valence-corrected chi connectivity index (χ4v) is 2.14. The first-order valence-electron chi connectivity index (χ1n) is 7.18. The van der Waals surface area contributed by atoms with E-state index in [-0.39, 0.29) is 16.8 Å². The van der Waals surface area contributed by atoms with Crippen LogP contribution in [-0.4, -0.2) is 23.3 Å². The van der Waals surface area contributed by atoms with Crippen molar-refractivity contribution in [2.24, 2.45) is 0 Å². The molecule has 0 atom stereocenters. The Kier molecular flexibility index (Phi) is 5.55. The van der Waals surface area contributed by atoms with Gasteiger partial charge in [-0.05, 0) is 25.1 Å². The van der Waals surface area contributed by atoms with Crippen molar-refractivity contribution in [2.75, 3.05) is 11.9 Å². The van der Waals surface area contributed by atoms with Crippen LogP contribution in [0.25, 0.3) is 0 Å². The standard InChI is InChI=1S/C16H12F3N3O4/c1-8-9(3-2-4-12(8)22(25)26)16(24)20-7-13(23)21-11-6-5-10(17)14(18)15(11)19/h2-6H,7H2,1H3,(H,20,24)(H,21,23). The van der Waals surface area contributed by atoms with Crippen LogP contribution in [-0.2, 0) is 4.79 Å². The second kappa shape index (κ2) is 7.64. The number of carbonyl (C=O) groups is 2. The maximum atomic E-state index is 13.5. The highest BCUT2D eigenvalue weighted by atomic mass is 19.2. The quantitative estimate of drug-likeness (QED) is 0.482. The SMILES string of the molecule is Cc1c(C(=O)NCC(=O)Nc2ccc(F)c(F)c2F)cccc1[N+](=O)[O-]. The van der Waals surface area contributed by atoms with E-state index >= 15 is 0 Å². The number of amides is 2. The van der Waals surface area contributed by atoms with E-state index in [1.165, 1.54) is 25.1 Å². The molecule has 26 heavy (non-hydrogen) atoms. The van der Waals surface area contributed by atoms with Crippen molar-refractivity contribution in [1.29, 1.82) is 0 Å². The molecular weight excluding hydrogens is 355 g/mol. The molecule has 2 aromatic rings. The minimum atomic E-state index is -1.74. The Morgan fingerprint density at radius 1 is 1.12 bits per heavy atom. The molecule has 0 spiro atoms. The second-order valence-corrected chi connectivity index (χ2v) is 5.16. The van der Waals surface area contributed by atoms with Crippen molar-refractivity contribution in [1.82, 2.24) is 5.32 Å². The van der Waals surface area contributed by atoms with E-state index in [1.54, 1.807) is 0 Å². The summed E-state index contributed by atoms with van der Waals surface area (Å²) in [5.41, 5.74) is -0.742. The average Bonchev–Trinajstić information content (AvgIpc) is 2.60. The molecule has 10 heteroatoms. The molecule has 0 radical (unpaired) electrons. The van der Waals surface area contributed by atoms with Gasteiger partial charge in [0.05, 0.1) is 17.2 Å². The number of anilines is 1. The molecule has 2 N–H and O–H groups in total. The number of hydrogen-bond acceptors (Lipinski definition) is 4. The zero-order valence-corrected chi connectivity index (χ0v) is 13.3. The number of benzene rings is 2. The van der Waals surface area contributed by atoms with Gasteiger partial charge in [-0.3, -0.25) is 19.7 Å². The lowest BCUT2D eigenvalue weighted by Gasteiger charge is -2.09. The molecule has 7 nitrogen and oxygen atoms in total. The summed E-state index contributed by atoms with van der Waals surface area (Å²) in [5, 5.41) is 15.1. The Bertz CT molecular complexity index is 903. The molecule has 2 amide bonds. The minimum Gasteiger partial charge on any atom is -0.343 e. The molecule has 2 rings (SSSR count). The number of hydrogen-bond donors (Lipinski definition) is 2. The average molecular weight is 367 g/mol. The molecule has 0 saturated heterocycles. The highest BCUT2D eigenvalue weighted by Gasteiger charge is 2.19. The summed E-state index contributed by atoms with van der Waals surface area (Å²) in [6, 6.07) is 5.35. The Morgan fingerprint density at radius 3 is 2.46 bits per heavy atom. The number of nitrogens with zero attached hydrogens (tertiary/aromatic N) is 1. The fourth-order valence-electron chi connectivity index (χ4n) is 2.14. The predicted molar refractivity (Wildman–Crippen MR) is 85.1 cm³/mol. The summed E-state index contributed by atoms with van der Waals surface area (Å²) >= 11 is 0. The number of rotatable bonds is 5. The predicted octanol–water partition coefficient (Wildman–Crippen LogP) is 2.69. The summed E-state index contributed by atoms with van der Waals surface area (Å²) in [4.78, 5) is 34.0. The lowest BCUT2D eigenvalue weighted by atomic mass is 10.1. The van der Waals surface area contributed by atoms with E-state index < -0.39 is 46.4 Å². The van der Waals surface area contributed by atoms with Crippen molar-refractivity contribution < 1.29 is 27.7 Å². The number of nitrogens with one attached hydrogen (secondary N) is 2. The number of nitro groups is 1. The first-order chi connectivity index (χ1) is 12.2. The Morgan fingerprint density at radius 2 is 1.81 bits per heavy atom. The van der Waals surface area contributed by atoms with Crippen molar-refractivity contribution in [3.05, 3.63) is 69.0 Å². The summed E-state index contributed by atoms with van der Waals surface area (Å²) in [7, 11) is 0. The molecule has 2 aromatic carbocycles. The molecule has 0 heterocycles. The normalized spacial score (nSPS) is 10.3. The van der Waals surface area contributed by atoms with Gasteiger partial charge >= 0.3 is 0 Å². The lowest BCUT2D eigenvalue weighted by molar-refractivity contribution is -0.385. The molecule has 0 aliphatic heterocycles. The lowest BCUT2D eigenvalue weighted by Crippen LogP contribution is -2.33. The largest absolute Gasteiger partial charge is 0.343 e. The molecule has 0 fully saturated rings. The van der Waals surface area contributed by atoms with E-state index in [9.17, 15) is 32.9 Å². The third-order valence-electron chi connectivity index (χ3n) is 3.47. The van der Waals surface area contributed by atoms with Crippen molar-refractivity contribution in [2.45, 2.75) is 6.92 Å². The van der Waals surface area contributed by atoms with Crippen LogP contribution in [0.5, 0.6) is 0 Å². The Hall–Kier alpha value is -3.43. The van der Waals surface area contributed by atoms with Crippen LogP contribution < -0.4 is 10.6 Å². The second-order valence-electron chi connectivity index (χ2n) is 5.16. The van der Waals surface area contributed by atoms with Crippen LogP contribution in [0.3, 0.4) is 0 Å². The van der Waals surface area contributed by atoms with Gasteiger partial charge in [0.1, 0.15) is 0 Å². The summed E-state index contributed by atoms with van der Waals surface area (Å²) in [5.74, 6) is -6.37. The minimum absolute atomic E-state index is 0.00833. The van der Waals surface area contributed by atoms with Gasteiger partial charge in [0.2, 0.25) is 5.91 Å². The van der Waals surface area contributed by atoms with Gasteiger partial charge in [0.15, 0.2) is 17.5 Å². The van der Waals surface area contributed by atoms with Crippen molar-refractivity contribution in [3.8, 4) is 0 Å². The summed E-state index contributed by atoms with van der Waals surface area (Å²) < 4.78 is 39.4. The Labute approximate surface area is 145 Å². The third-order valence-corrected chi connectivity index (χ3v) is 3.47. The monoisotopic (exact) mass is 367 g/mol. The van der Waals surface area contributed by atoms with Gasteiger partial charge in [-0.1, -0.05) is 6.07 Å². The molecule has 0 bridgehead atoms. The van der Waals surface area contributed by atoms with Crippen molar-refractivity contribution >= 4 is 23.2 Å². The molecule has 0 aromatic heterocycles. The molecular formula is C16H12F3N3O4. The van der Waals surface area contributed by atoms with Crippen molar-refractivity contribution in [3.63, 3.8) is 0 Å². The number of carbonyl (C=O) groups excluding carboxylic acids is 2. The first kappa shape index (κ1) is 18.9. The number of nitro benzene ring substituents is 1. The highest BCUT2D eigenvalue weighted by Crippen LogP contribution is 2.21. The van der Waals surface area contributed by atoms with Crippen LogP contribution >= 0.6 is 0 Å². The van der Waals surface area contributed by atoms with Crippen LogP contribution in [0.4, 0.5) is 24.5 Å². The molecule has 0 aliphatic carbocycles. The van der Waals surface area contributed by atoms with E-state index in [1.807, 2.05) is 5.32 Å². The zero-order valence-electron chi connectivity index (χ0n) is 13.3. The summed E-state index contributed by atoms with van der Waals surface area (Å²) in [6.07, 6.45) is 0. The molecule has 0 saturated carbocycles. The van der Waals surface area contributed by atoms with Crippen LogP contribution in [0, 0.1) is 34.5 Å². The molecule has 0 aliphatic rings. The third kappa shape index (κ3) is 3.97. The smallest absolute Gasteiger partial charge is 0.273 e. The van der Waals surface area contributed by atoms with Crippen LogP contribution in [0.15, 0.2) is 30.3 Å². The maximum Gasteiger partial charge on any atom is 0.273 e. The maximum absolute atomic E-state index is 13.5. The fraction of sp³-hybridized carbons (Fsp3) is 0.125. The van der Waals surface area contributed by atoms with Gasteiger partial charge in [0.25, 0.3) is 11.6 Å². The van der Waals surface area contributed by atoms with Gasteiger partial charge in [-0.25, -0.2) is 13.2 Å². The topological polar surface area (TPSA) is 101 Å². The van der Waals surface area contributed by atoms with Gasteiger partial charge in [0, 0.05) is 17.2 Å². The van der Waals surface area contributed by atoms with Gasteiger partial charge < -0.3 is 10.6 Å². The zero-order chi connectivity index (χ0) is 19.4. The van der Waals surface area contributed by atoms with E-state index in [2.05, 4.69) is 5.32 Å². The number of halogens is 3. The molecule has 0 unspecified atom stereocenters. The highest BCUT2D eigenvalue weighted by molar-refractivity contribution is 6.00. The Balaban J connectivity index is 2.04. The van der Waals surface area contributed by atoms with Crippen LogP contribution in [0.2, 0.25) is 0 Å². The summed E-state index contributed by atoms with van der Waals surface area (Å²) in [6.45, 7) is 0.767. The molecule has 136 valence electrons. The van der Waals surface area contributed by atoms with E-state index in [0.29, 0.717) is 6.07 Å². The van der Waals surface area contributed by atoms with Gasteiger partial charge in [-0.2, -0.15) is 0 Å².